The van der Waals surface area contributed by atoms with Gasteiger partial charge in [0.2, 0.25) is 0 Å². The summed E-state index contributed by atoms with van der Waals surface area (Å²) in [4.78, 5) is 32.7. The average molecular weight is 531 g/mol. The molecule has 0 aromatic heterocycles. The monoisotopic (exact) mass is 530 g/mol. The first-order valence-electron chi connectivity index (χ1n) is 13.7. The summed E-state index contributed by atoms with van der Waals surface area (Å²) in [5, 5.41) is 10.1. The van der Waals surface area contributed by atoms with E-state index in [4.69, 9.17) is 0 Å². The number of aromatic hydroxyl groups is 1. The molecule has 0 spiro atoms. The number of unbranched alkanes of at least 4 members (excludes halogenated alkanes) is 1. The maximum Gasteiger partial charge on any atom is 0.167 e. The van der Waals surface area contributed by atoms with Gasteiger partial charge in [-0.15, -0.1) is 0 Å². The summed E-state index contributed by atoms with van der Waals surface area (Å²) in [6.45, 7) is 6.38. The summed E-state index contributed by atoms with van der Waals surface area (Å²) in [7, 11) is 4.10. The predicted molar refractivity (Wildman–Crippen MR) is 153 cm³/mol. The molecule has 3 aromatic carbocycles. The molecule has 0 radical (unpaired) electrons. The van der Waals surface area contributed by atoms with Crippen LogP contribution in [0.4, 0.5) is 4.39 Å². The van der Waals surface area contributed by atoms with Crippen LogP contribution in [-0.4, -0.2) is 66.7 Å². The molecule has 1 aliphatic heterocycles. The third kappa shape index (κ3) is 6.81. The quantitative estimate of drug-likeness (QED) is 0.262. The SMILES string of the molecule is Cc1cccc(C(=O)C2CN(CCCCN(C)C)CC(C(=O)c3cccc(O)c3)C2c2cccc(F)c2C)c1. The number of rotatable bonds is 10. The Hall–Kier alpha value is -3.35. The number of aryl methyl sites for hydroxylation is 1. The molecule has 1 fully saturated rings. The maximum atomic E-state index is 14.9. The second-order valence-electron chi connectivity index (χ2n) is 11.1. The topological polar surface area (TPSA) is 60.9 Å². The van der Waals surface area contributed by atoms with Crippen LogP contribution in [0.1, 0.15) is 56.2 Å². The van der Waals surface area contributed by atoms with Gasteiger partial charge in [0.25, 0.3) is 0 Å². The Morgan fingerprint density at radius 1 is 0.897 bits per heavy atom. The number of likely N-dealkylation sites (tertiary alicyclic amines) is 1. The molecule has 3 aromatic rings. The second kappa shape index (κ2) is 12.7. The van der Waals surface area contributed by atoms with Crippen molar-refractivity contribution in [2.24, 2.45) is 11.8 Å². The zero-order chi connectivity index (χ0) is 28.1. The van der Waals surface area contributed by atoms with Gasteiger partial charge in [-0.1, -0.05) is 48.0 Å². The van der Waals surface area contributed by atoms with Gasteiger partial charge in [-0.2, -0.15) is 0 Å². The Morgan fingerprint density at radius 3 is 2.13 bits per heavy atom. The predicted octanol–water partition coefficient (Wildman–Crippen LogP) is 5.89. The van der Waals surface area contributed by atoms with E-state index in [1.54, 1.807) is 25.1 Å². The van der Waals surface area contributed by atoms with Crippen LogP contribution in [0.25, 0.3) is 0 Å². The average Bonchev–Trinajstić information content (AvgIpc) is 2.91. The van der Waals surface area contributed by atoms with Crippen LogP contribution in [0, 0.1) is 31.5 Å². The number of phenolic OH excluding ortho intramolecular Hbond substituents is 1. The van der Waals surface area contributed by atoms with Crippen molar-refractivity contribution >= 4 is 11.6 Å². The van der Waals surface area contributed by atoms with Gasteiger partial charge in [-0.3, -0.25) is 9.59 Å². The zero-order valence-corrected chi connectivity index (χ0v) is 23.4. The molecule has 6 heteroatoms. The second-order valence-corrected chi connectivity index (χ2v) is 11.1. The van der Waals surface area contributed by atoms with E-state index >= 15 is 0 Å². The molecule has 1 aliphatic rings. The Morgan fingerprint density at radius 2 is 1.51 bits per heavy atom. The first-order chi connectivity index (χ1) is 18.7. The highest BCUT2D eigenvalue weighted by Crippen LogP contribution is 2.42. The normalized spacial score (nSPS) is 19.8. The number of Topliss-reactive ketones (excluding diaryl/α,β-unsaturated/α-hetero) is 2. The summed E-state index contributed by atoms with van der Waals surface area (Å²) in [6, 6.07) is 18.9. The number of hydrogen-bond donors (Lipinski definition) is 1. The fourth-order valence-corrected chi connectivity index (χ4v) is 5.88. The Kier molecular flexibility index (Phi) is 9.31. The van der Waals surface area contributed by atoms with Gasteiger partial charge >= 0.3 is 0 Å². The number of nitrogens with zero attached hydrogens (tertiary/aromatic N) is 2. The maximum absolute atomic E-state index is 14.9. The van der Waals surface area contributed by atoms with Gasteiger partial charge in [0.15, 0.2) is 11.6 Å². The van der Waals surface area contributed by atoms with E-state index in [1.165, 1.54) is 18.2 Å². The third-order valence-corrected chi connectivity index (χ3v) is 7.88. The van der Waals surface area contributed by atoms with Crippen LogP contribution in [-0.2, 0) is 0 Å². The number of benzene rings is 3. The minimum absolute atomic E-state index is 0.0167. The fourth-order valence-electron chi connectivity index (χ4n) is 5.88. The molecule has 0 saturated carbocycles. The summed E-state index contributed by atoms with van der Waals surface area (Å²) in [5.41, 5.74) is 3.17. The number of phenols is 1. The van der Waals surface area contributed by atoms with Crippen molar-refractivity contribution in [3.63, 3.8) is 0 Å². The largest absolute Gasteiger partial charge is 0.508 e. The lowest BCUT2D eigenvalue weighted by Crippen LogP contribution is -2.50. The molecule has 4 rings (SSSR count). The van der Waals surface area contributed by atoms with Gasteiger partial charge in [-0.25, -0.2) is 4.39 Å². The highest BCUT2D eigenvalue weighted by atomic mass is 19.1. The summed E-state index contributed by atoms with van der Waals surface area (Å²) < 4.78 is 14.9. The first kappa shape index (κ1) is 28.7. The molecule has 0 bridgehead atoms. The van der Waals surface area contributed by atoms with Crippen LogP contribution < -0.4 is 0 Å². The van der Waals surface area contributed by atoms with Crippen molar-refractivity contribution in [1.29, 1.82) is 0 Å². The molecular weight excluding hydrogens is 491 g/mol. The lowest BCUT2D eigenvalue weighted by atomic mass is 9.67. The fraction of sp³-hybridized carbons (Fsp3) is 0.394. The standard InChI is InChI=1S/C33H39FN2O3/c1-22-10-7-11-24(18-22)32(38)28-20-36(17-6-5-16-35(3)4)21-29(33(39)25-12-8-13-26(37)19-25)31(28)27-14-9-15-30(34)23(27)2/h7-15,18-19,28-29,31,37H,5-6,16-17,20-21H2,1-4H3. The molecule has 5 nitrogen and oxygen atoms in total. The first-order valence-corrected chi connectivity index (χ1v) is 13.7. The number of piperidine rings is 1. The summed E-state index contributed by atoms with van der Waals surface area (Å²) in [5.74, 6) is -2.10. The number of carbonyl (C=O) groups is 2. The van der Waals surface area contributed by atoms with Crippen LogP contribution in [0.2, 0.25) is 0 Å². The lowest BCUT2D eigenvalue weighted by molar-refractivity contribution is 0.0567. The molecule has 39 heavy (non-hydrogen) atoms. The van der Waals surface area contributed by atoms with E-state index in [1.807, 2.05) is 51.4 Å². The van der Waals surface area contributed by atoms with Crippen molar-refractivity contribution < 1.29 is 19.1 Å². The molecule has 3 atom stereocenters. The summed E-state index contributed by atoms with van der Waals surface area (Å²) >= 11 is 0. The Bertz CT molecular complexity index is 1250. The molecule has 206 valence electrons. The molecule has 1 saturated heterocycles. The van der Waals surface area contributed by atoms with E-state index in [0.29, 0.717) is 35.3 Å². The molecule has 3 unspecified atom stereocenters. The van der Waals surface area contributed by atoms with E-state index < -0.39 is 17.8 Å². The Balaban J connectivity index is 1.79. The zero-order valence-electron chi connectivity index (χ0n) is 23.4. The van der Waals surface area contributed by atoms with Gasteiger partial charge in [0.1, 0.15) is 11.6 Å². The van der Waals surface area contributed by atoms with Crippen molar-refractivity contribution in [1.82, 2.24) is 9.80 Å². The molecule has 1 N–H and O–H groups in total. The lowest BCUT2D eigenvalue weighted by Gasteiger charge is -2.43. The molecule has 0 aliphatic carbocycles. The third-order valence-electron chi connectivity index (χ3n) is 7.88. The van der Waals surface area contributed by atoms with E-state index in [9.17, 15) is 19.1 Å². The number of halogens is 1. The van der Waals surface area contributed by atoms with Crippen LogP contribution >= 0.6 is 0 Å². The van der Waals surface area contributed by atoms with Gasteiger partial charge < -0.3 is 14.9 Å². The van der Waals surface area contributed by atoms with Gasteiger partial charge in [-0.05, 0) is 89.3 Å². The molecule has 1 heterocycles. The van der Waals surface area contributed by atoms with Crippen molar-refractivity contribution in [2.75, 3.05) is 40.3 Å². The highest BCUT2D eigenvalue weighted by molar-refractivity contribution is 6.02. The van der Waals surface area contributed by atoms with E-state index in [-0.39, 0.29) is 23.1 Å². The smallest absolute Gasteiger partial charge is 0.167 e. The molecule has 0 amide bonds. The number of hydrogen-bond acceptors (Lipinski definition) is 5. The van der Waals surface area contributed by atoms with Crippen LogP contribution in [0.3, 0.4) is 0 Å². The van der Waals surface area contributed by atoms with Crippen LogP contribution in [0.5, 0.6) is 5.75 Å². The number of ketones is 2. The Labute approximate surface area is 231 Å². The summed E-state index contributed by atoms with van der Waals surface area (Å²) in [6.07, 6.45) is 1.96. The van der Waals surface area contributed by atoms with Crippen molar-refractivity contribution in [2.45, 2.75) is 32.6 Å². The minimum Gasteiger partial charge on any atom is -0.508 e. The molecular formula is C33H39FN2O3. The van der Waals surface area contributed by atoms with Crippen LogP contribution in [0.15, 0.2) is 66.7 Å². The highest BCUT2D eigenvalue weighted by Gasteiger charge is 2.45. The van der Waals surface area contributed by atoms with Crippen molar-refractivity contribution in [3.05, 3.63) is 100 Å². The van der Waals surface area contributed by atoms with Gasteiger partial charge in [0.05, 0.1) is 0 Å². The number of carbonyl (C=O) groups excluding carboxylic acids is 2. The van der Waals surface area contributed by atoms with Gasteiger partial charge in [0, 0.05) is 42.0 Å². The minimum atomic E-state index is -0.575. The van der Waals surface area contributed by atoms with Crippen molar-refractivity contribution in [3.8, 4) is 5.75 Å². The van der Waals surface area contributed by atoms with E-state index in [2.05, 4.69) is 9.80 Å². The van der Waals surface area contributed by atoms with E-state index in [0.717, 1.165) is 31.5 Å².